The molecule has 0 bridgehead atoms. The second-order valence-electron chi connectivity index (χ2n) is 4.27. The lowest BCUT2D eigenvalue weighted by atomic mass is 10.2. The fourth-order valence-corrected chi connectivity index (χ4v) is 2.85. The highest BCUT2D eigenvalue weighted by Gasteiger charge is 2.05. The number of carbonyl (C=O) groups excluding carboxylic acids is 1. The Morgan fingerprint density at radius 3 is 2.57 bits per heavy atom. The van der Waals surface area contributed by atoms with E-state index in [1.54, 1.807) is 36.0 Å². The van der Waals surface area contributed by atoms with Crippen LogP contribution in [0.15, 0.2) is 53.4 Å². The Labute approximate surface area is 132 Å². The summed E-state index contributed by atoms with van der Waals surface area (Å²) in [5.41, 5.74) is 1.27. The number of benzene rings is 2. The molecule has 1 N–H and O–H groups in total. The first kappa shape index (κ1) is 15.4. The van der Waals surface area contributed by atoms with Gasteiger partial charge >= 0.3 is 0 Å². The molecule has 106 valence electrons. The van der Waals surface area contributed by atoms with Gasteiger partial charge in [0.2, 0.25) is 5.91 Å². The average molecular weight is 317 g/mol. The summed E-state index contributed by atoms with van der Waals surface area (Å²) in [6, 6.07) is 16.4. The smallest absolute Gasteiger partial charge is 0.225 e. The third kappa shape index (κ3) is 4.82. The number of nitrogens with one attached hydrogen (secondary N) is 1. The third-order valence-corrected chi connectivity index (χ3v) is 4.24. The Kier molecular flexibility index (Phi) is 5.68. The van der Waals surface area contributed by atoms with Gasteiger partial charge in [0, 0.05) is 22.8 Å². The molecular formula is C16H13ClN2OS. The summed E-state index contributed by atoms with van der Waals surface area (Å²) in [4.78, 5) is 12.8. The maximum Gasteiger partial charge on any atom is 0.225 e. The van der Waals surface area contributed by atoms with Gasteiger partial charge in [-0.05, 0) is 36.4 Å². The van der Waals surface area contributed by atoms with Crippen molar-refractivity contribution < 1.29 is 4.79 Å². The standard InChI is InChI=1S/C16H13ClN2OS/c17-14-3-1-2-4-15(14)21-10-9-16(20)19-13-7-5-12(11-18)6-8-13/h1-8H,9-10H2,(H,19,20). The van der Waals surface area contributed by atoms with E-state index in [-0.39, 0.29) is 5.91 Å². The van der Waals surface area contributed by atoms with Crippen molar-refractivity contribution >= 4 is 35.0 Å². The molecule has 0 heterocycles. The first-order chi connectivity index (χ1) is 10.2. The van der Waals surface area contributed by atoms with E-state index in [0.29, 0.717) is 28.4 Å². The summed E-state index contributed by atoms with van der Waals surface area (Å²) in [6.45, 7) is 0. The SMILES string of the molecule is N#Cc1ccc(NC(=O)CCSc2ccccc2Cl)cc1. The van der Waals surface area contributed by atoms with E-state index >= 15 is 0 Å². The van der Waals surface area contributed by atoms with Crippen LogP contribution in [0.25, 0.3) is 0 Å². The molecule has 0 spiro atoms. The molecule has 0 aliphatic heterocycles. The zero-order chi connectivity index (χ0) is 15.1. The van der Waals surface area contributed by atoms with Gasteiger partial charge in [-0.15, -0.1) is 11.8 Å². The van der Waals surface area contributed by atoms with Crippen molar-refractivity contribution in [1.82, 2.24) is 0 Å². The van der Waals surface area contributed by atoms with E-state index in [1.807, 2.05) is 30.3 Å². The van der Waals surface area contributed by atoms with Gasteiger partial charge in [0.15, 0.2) is 0 Å². The number of hydrogen-bond donors (Lipinski definition) is 1. The maximum atomic E-state index is 11.8. The predicted molar refractivity (Wildman–Crippen MR) is 86.6 cm³/mol. The molecule has 0 unspecified atom stereocenters. The minimum atomic E-state index is -0.0562. The van der Waals surface area contributed by atoms with Gasteiger partial charge < -0.3 is 5.32 Å². The molecule has 2 aromatic carbocycles. The lowest BCUT2D eigenvalue weighted by Crippen LogP contribution is -2.12. The molecule has 3 nitrogen and oxygen atoms in total. The van der Waals surface area contributed by atoms with Crippen LogP contribution >= 0.6 is 23.4 Å². The second-order valence-corrected chi connectivity index (χ2v) is 5.81. The monoisotopic (exact) mass is 316 g/mol. The van der Waals surface area contributed by atoms with E-state index in [2.05, 4.69) is 5.32 Å². The Morgan fingerprint density at radius 2 is 1.90 bits per heavy atom. The molecule has 0 fully saturated rings. The molecule has 0 aliphatic rings. The molecule has 0 aliphatic carbocycles. The Balaban J connectivity index is 1.80. The summed E-state index contributed by atoms with van der Waals surface area (Å²) >= 11 is 7.61. The van der Waals surface area contributed by atoms with E-state index in [9.17, 15) is 4.79 Å². The molecule has 5 heteroatoms. The maximum absolute atomic E-state index is 11.8. The zero-order valence-electron chi connectivity index (χ0n) is 11.2. The summed E-state index contributed by atoms with van der Waals surface area (Å²) in [5.74, 6) is 0.602. The van der Waals surface area contributed by atoms with Gasteiger partial charge in [0.25, 0.3) is 0 Å². The molecule has 1 amide bonds. The summed E-state index contributed by atoms with van der Waals surface area (Å²) in [7, 11) is 0. The highest BCUT2D eigenvalue weighted by atomic mass is 35.5. The van der Waals surface area contributed by atoms with Crippen molar-refractivity contribution in [2.24, 2.45) is 0 Å². The fourth-order valence-electron chi connectivity index (χ4n) is 1.67. The van der Waals surface area contributed by atoms with Crippen molar-refractivity contribution in [2.75, 3.05) is 11.1 Å². The quantitative estimate of drug-likeness (QED) is 0.835. The highest BCUT2D eigenvalue weighted by Crippen LogP contribution is 2.26. The number of carbonyl (C=O) groups is 1. The van der Waals surface area contributed by atoms with E-state index in [4.69, 9.17) is 16.9 Å². The van der Waals surface area contributed by atoms with E-state index in [1.165, 1.54) is 0 Å². The fraction of sp³-hybridized carbons (Fsp3) is 0.125. The largest absolute Gasteiger partial charge is 0.326 e. The molecule has 0 aromatic heterocycles. The molecule has 0 saturated heterocycles. The van der Waals surface area contributed by atoms with Crippen LogP contribution < -0.4 is 5.32 Å². The number of hydrogen-bond acceptors (Lipinski definition) is 3. The minimum absolute atomic E-state index is 0.0562. The summed E-state index contributed by atoms with van der Waals surface area (Å²) in [6.07, 6.45) is 0.399. The van der Waals surface area contributed by atoms with Crippen LogP contribution in [-0.4, -0.2) is 11.7 Å². The van der Waals surface area contributed by atoms with Crippen LogP contribution in [0.4, 0.5) is 5.69 Å². The highest BCUT2D eigenvalue weighted by molar-refractivity contribution is 7.99. The van der Waals surface area contributed by atoms with Gasteiger partial charge in [-0.2, -0.15) is 5.26 Å². The Morgan fingerprint density at radius 1 is 1.19 bits per heavy atom. The van der Waals surface area contributed by atoms with Gasteiger partial charge in [-0.1, -0.05) is 23.7 Å². The minimum Gasteiger partial charge on any atom is -0.326 e. The first-order valence-corrected chi connectivity index (χ1v) is 7.73. The van der Waals surface area contributed by atoms with Crippen molar-refractivity contribution in [3.63, 3.8) is 0 Å². The normalized spacial score (nSPS) is 9.90. The average Bonchev–Trinajstić information content (AvgIpc) is 2.50. The van der Waals surface area contributed by atoms with Gasteiger partial charge in [0.05, 0.1) is 16.7 Å². The van der Waals surface area contributed by atoms with Crippen molar-refractivity contribution in [3.05, 3.63) is 59.1 Å². The Bertz CT molecular complexity index is 665. The number of thioether (sulfide) groups is 1. The molecule has 0 radical (unpaired) electrons. The molecule has 2 aromatic rings. The van der Waals surface area contributed by atoms with Crippen LogP contribution in [0, 0.1) is 11.3 Å². The zero-order valence-corrected chi connectivity index (χ0v) is 12.7. The molecule has 2 rings (SSSR count). The lowest BCUT2D eigenvalue weighted by Gasteiger charge is -2.06. The van der Waals surface area contributed by atoms with Crippen molar-refractivity contribution in [3.8, 4) is 6.07 Å². The lowest BCUT2D eigenvalue weighted by molar-refractivity contribution is -0.115. The van der Waals surface area contributed by atoms with Gasteiger partial charge in [0.1, 0.15) is 0 Å². The number of rotatable bonds is 5. The third-order valence-electron chi connectivity index (χ3n) is 2.72. The summed E-state index contributed by atoms with van der Waals surface area (Å²) in [5, 5.41) is 12.2. The molecule has 0 saturated carbocycles. The number of amides is 1. The van der Waals surface area contributed by atoms with Gasteiger partial charge in [-0.3, -0.25) is 4.79 Å². The van der Waals surface area contributed by atoms with Crippen molar-refractivity contribution in [1.29, 1.82) is 5.26 Å². The molecule has 0 atom stereocenters. The van der Waals surface area contributed by atoms with E-state index in [0.717, 1.165) is 4.90 Å². The topological polar surface area (TPSA) is 52.9 Å². The van der Waals surface area contributed by atoms with E-state index < -0.39 is 0 Å². The van der Waals surface area contributed by atoms with Crippen LogP contribution in [0.2, 0.25) is 5.02 Å². The first-order valence-electron chi connectivity index (χ1n) is 6.36. The number of nitriles is 1. The van der Waals surface area contributed by atoms with Crippen molar-refractivity contribution in [2.45, 2.75) is 11.3 Å². The number of anilines is 1. The Hall–Kier alpha value is -1.96. The van der Waals surface area contributed by atoms with Crippen LogP contribution in [0.5, 0.6) is 0 Å². The summed E-state index contributed by atoms with van der Waals surface area (Å²) < 4.78 is 0. The number of nitrogens with zero attached hydrogens (tertiary/aromatic N) is 1. The predicted octanol–water partition coefficient (Wildman–Crippen LogP) is 4.33. The second kappa shape index (κ2) is 7.72. The van der Waals surface area contributed by atoms with Crippen LogP contribution in [-0.2, 0) is 4.79 Å². The van der Waals surface area contributed by atoms with Crippen LogP contribution in [0.3, 0.4) is 0 Å². The molecule has 21 heavy (non-hydrogen) atoms. The van der Waals surface area contributed by atoms with Crippen LogP contribution in [0.1, 0.15) is 12.0 Å². The molecular weight excluding hydrogens is 304 g/mol. The number of halogens is 1. The van der Waals surface area contributed by atoms with Gasteiger partial charge in [-0.25, -0.2) is 0 Å².